The highest BCUT2D eigenvalue weighted by molar-refractivity contribution is 6.02. The molecule has 0 unspecified atom stereocenters. The van der Waals surface area contributed by atoms with Crippen LogP contribution in [0.25, 0.3) is 5.69 Å². The van der Waals surface area contributed by atoms with Gasteiger partial charge in [0.05, 0.1) is 14.2 Å². The number of carbonyl (C=O) groups excluding carboxylic acids is 2. The summed E-state index contributed by atoms with van der Waals surface area (Å²) in [5.41, 5.74) is 1.69. The number of Topliss-reactive ketones (excluding diaryl/α,β-unsaturated/α-hetero) is 1. The fourth-order valence-corrected chi connectivity index (χ4v) is 4.30. The molecule has 7 nitrogen and oxygen atoms in total. The van der Waals surface area contributed by atoms with Crippen molar-refractivity contribution in [2.24, 2.45) is 5.41 Å². The third-order valence-corrected chi connectivity index (χ3v) is 6.08. The van der Waals surface area contributed by atoms with Crippen LogP contribution < -0.4 is 20.3 Å². The van der Waals surface area contributed by atoms with E-state index in [1.54, 1.807) is 50.6 Å². The van der Waals surface area contributed by atoms with Gasteiger partial charge in [-0.3, -0.25) is 19.0 Å². The van der Waals surface area contributed by atoms with Crippen LogP contribution in [0.3, 0.4) is 0 Å². The average molecular weight is 461 g/mol. The van der Waals surface area contributed by atoms with Crippen molar-refractivity contribution in [3.63, 3.8) is 0 Å². The lowest BCUT2D eigenvalue weighted by atomic mass is 9.75. The van der Waals surface area contributed by atoms with E-state index in [9.17, 15) is 14.4 Å². The molecule has 0 radical (unpaired) electrons. The first-order valence-electron chi connectivity index (χ1n) is 11.1. The van der Waals surface area contributed by atoms with Gasteiger partial charge in [-0.1, -0.05) is 26.0 Å². The lowest BCUT2D eigenvalue weighted by Gasteiger charge is -2.32. The lowest BCUT2D eigenvalue weighted by molar-refractivity contribution is 0.0908. The zero-order valence-electron chi connectivity index (χ0n) is 19.8. The number of fused-ring (bicyclic) bond motifs is 1. The standard InChI is InChI=1S/C27H28N2O5/c1-27(2)14-23-21(24(30)15-27)13-22(25(31)28-16-17-5-9-19(33-3)10-6-17)26(32)29(23)18-7-11-20(34-4)12-8-18/h5-13H,14-16H2,1-4H3,(H,28,31). The molecule has 0 spiro atoms. The molecule has 0 bridgehead atoms. The van der Waals surface area contributed by atoms with Crippen LogP contribution in [0.2, 0.25) is 0 Å². The Morgan fingerprint density at radius 1 is 0.941 bits per heavy atom. The van der Waals surface area contributed by atoms with Crippen molar-refractivity contribution in [3.8, 4) is 17.2 Å². The highest BCUT2D eigenvalue weighted by Gasteiger charge is 2.35. The average Bonchev–Trinajstić information content (AvgIpc) is 2.82. The number of hydrogen-bond acceptors (Lipinski definition) is 5. The van der Waals surface area contributed by atoms with Gasteiger partial charge < -0.3 is 14.8 Å². The Morgan fingerprint density at radius 2 is 1.53 bits per heavy atom. The maximum atomic E-state index is 13.6. The molecule has 4 rings (SSSR count). The first-order chi connectivity index (χ1) is 16.2. The number of aromatic nitrogens is 1. The lowest BCUT2D eigenvalue weighted by Crippen LogP contribution is -2.38. The van der Waals surface area contributed by atoms with Crippen LogP contribution in [0.15, 0.2) is 59.4 Å². The van der Waals surface area contributed by atoms with Gasteiger partial charge in [-0.2, -0.15) is 0 Å². The minimum absolute atomic E-state index is 0.0591. The summed E-state index contributed by atoms with van der Waals surface area (Å²) in [5, 5.41) is 2.80. The van der Waals surface area contributed by atoms with Crippen molar-refractivity contribution < 1.29 is 19.1 Å². The highest BCUT2D eigenvalue weighted by Crippen LogP contribution is 2.35. The quantitative estimate of drug-likeness (QED) is 0.602. The number of nitrogens with zero attached hydrogens (tertiary/aromatic N) is 1. The second-order valence-corrected chi connectivity index (χ2v) is 9.23. The number of hydrogen-bond donors (Lipinski definition) is 1. The van der Waals surface area contributed by atoms with Crippen molar-refractivity contribution in [1.29, 1.82) is 0 Å². The van der Waals surface area contributed by atoms with Gasteiger partial charge in [-0.15, -0.1) is 0 Å². The van der Waals surface area contributed by atoms with E-state index < -0.39 is 11.5 Å². The zero-order chi connectivity index (χ0) is 24.5. The molecule has 0 fully saturated rings. The van der Waals surface area contributed by atoms with Crippen molar-refractivity contribution in [2.45, 2.75) is 33.2 Å². The minimum Gasteiger partial charge on any atom is -0.497 e. The van der Waals surface area contributed by atoms with Gasteiger partial charge in [0.2, 0.25) is 0 Å². The molecule has 1 aliphatic rings. The minimum atomic E-state index is -0.525. The second-order valence-electron chi connectivity index (χ2n) is 9.23. The fourth-order valence-electron chi connectivity index (χ4n) is 4.30. The SMILES string of the molecule is COc1ccc(CNC(=O)c2cc3c(n(-c4ccc(OC)cc4)c2=O)CC(C)(C)CC3=O)cc1. The molecular weight excluding hydrogens is 432 g/mol. The molecule has 1 amide bonds. The van der Waals surface area contributed by atoms with Crippen molar-refractivity contribution in [2.75, 3.05) is 14.2 Å². The van der Waals surface area contributed by atoms with E-state index in [0.29, 0.717) is 41.3 Å². The maximum Gasteiger partial charge on any atom is 0.268 e. The van der Waals surface area contributed by atoms with Gasteiger partial charge in [0.25, 0.3) is 11.5 Å². The topological polar surface area (TPSA) is 86.6 Å². The van der Waals surface area contributed by atoms with E-state index in [-0.39, 0.29) is 23.3 Å². The summed E-state index contributed by atoms with van der Waals surface area (Å²) in [5.74, 6) is 0.769. The second kappa shape index (κ2) is 9.17. The number of rotatable bonds is 6. The van der Waals surface area contributed by atoms with Gasteiger partial charge in [0.1, 0.15) is 17.1 Å². The molecule has 0 aliphatic heterocycles. The Hall–Kier alpha value is -3.87. The number of nitrogens with one attached hydrogen (secondary N) is 1. The predicted molar refractivity (Wildman–Crippen MR) is 129 cm³/mol. The number of benzene rings is 2. The summed E-state index contributed by atoms with van der Waals surface area (Å²) >= 11 is 0. The smallest absolute Gasteiger partial charge is 0.268 e. The van der Waals surface area contributed by atoms with Crippen molar-refractivity contribution in [1.82, 2.24) is 9.88 Å². The van der Waals surface area contributed by atoms with Gasteiger partial charge in [-0.05, 0) is 59.9 Å². The third-order valence-electron chi connectivity index (χ3n) is 6.08. The van der Waals surface area contributed by atoms with Gasteiger partial charge >= 0.3 is 0 Å². The van der Waals surface area contributed by atoms with Crippen molar-refractivity contribution in [3.05, 3.63) is 87.3 Å². The fraction of sp³-hybridized carbons (Fsp3) is 0.296. The monoisotopic (exact) mass is 460 g/mol. The van der Waals surface area contributed by atoms with E-state index in [0.717, 1.165) is 5.56 Å². The van der Waals surface area contributed by atoms with Gasteiger partial charge in [0, 0.05) is 29.9 Å². The molecule has 1 N–H and O–H groups in total. The molecule has 0 saturated heterocycles. The first-order valence-corrected chi connectivity index (χ1v) is 11.1. The van der Waals surface area contributed by atoms with E-state index in [2.05, 4.69) is 5.32 Å². The van der Waals surface area contributed by atoms with Crippen LogP contribution in [0, 0.1) is 5.41 Å². The van der Waals surface area contributed by atoms with Crippen LogP contribution >= 0.6 is 0 Å². The largest absolute Gasteiger partial charge is 0.497 e. The first kappa shape index (κ1) is 23.3. The van der Waals surface area contributed by atoms with E-state index in [1.807, 2.05) is 26.0 Å². The number of carbonyl (C=O) groups is 2. The molecule has 1 aromatic heterocycles. The summed E-state index contributed by atoms with van der Waals surface area (Å²) in [6.07, 6.45) is 0.900. The van der Waals surface area contributed by atoms with Crippen LogP contribution in [0.5, 0.6) is 11.5 Å². The molecule has 2 aromatic carbocycles. The normalized spacial score (nSPS) is 14.3. The number of methoxy groups -OCH3 is 2. The number of pyridine rings is 1. The van der Waals surface area contributed by atoms with E-state index >= 15 is 0 Å². The maximum absolute atomic E-state index is 13.6. The molecule has 1 heterocycles. The van der Waals surface area contributed by atoms with Crippen molar-refractivity contribution >= 4 is 11.7 Å². The Kier molecular flexibility index (Phi) is 6.28. The van der Waals surface area contributed by atoms with Crippen LogP contribution in [-0.4, -0.2) is 30.5 Å². The number of ether oxygens (including phenoxy) is 2. The Balaban J connectivity index is 1.75. The summed E-state index contributed by atoms with van der Waals surface area (Å²) < 4.78 is 11.9. The molecule has 0 saturated carbocycles. The Bertz CT molecular complexity index is 1290. The zero-order valence-corrected chi connectivity index (χ0v) is 19.8. The van der Waals surface area contributed by atoms with Crippen LogP contribution in [-0.2, 0) is 13.0 Å². The molecule has 34 heavy (non-hydrogen) atoms. The summed E-state index contributed by atoms with van der Waals surface area (Å²) in [7, 11) is 3.15. The summed E-state index contributed by atoms with van der Waals surface area (Å²) in [4.78, 5) is 39.7. The van der Waals surface area contributed by atoms with Gasteiger partial charge in [-0.25, -0.2) is 0 Å². The molecule has 176 valence electrons. The summed E-state index contributed by atoms with van der Waals surface area (Å²) in [6, 6.07) is 15.8. The predicted octanol–water partition coefficient (Wildman–Crippen LogP) is 3.94. The Morgan fingerprint density at radius 3 is 2.12 bits per heavy atom. The molecule has 3 aromatic rings. The van der Waals surface area contributed by atoms with Crippen LogP contribution in [0.4, 0.5) is 0 Å². The van der Waals surface area contributed by atoms with Crippen LogP contribution in [0.1, 0.15) is 52.2 Å². The number of amides is 1. The Labute approximate surface area is 198 Å². The van der Waals surface area contributed by atoms with Gasteiger partial charge in [0.15, 0.2) is 5.78 Å². The molecule has 0 atom stereocenters. The molecule has 1 aliphatic carbocycles. The molecular formula is C27H28N2O5. The highest BCUT2D eigenvalue weighted by atomic mass is 16.5. The summed E-state index contributed by atoms with van der Waals surface area (Å²) in [6.45, 7) is 4.25. The third kappa shape index (κ3) is 4.59. The van der Waals surface area contributed by atoms with E-state index in [1.165, 1.54) is 10.6 Å². The number of ketones is 1. The van der Waals surface area contributed by atoms with E-state index in [4.69, 9.17) is 9.47 Å². The molecule has 7 heteroatoms.